The number of rotatable bonds is 2. The van der Waals surface area contributed by atoms with Crippen LogP contribution in [-0.2, 0) is 10.0 Å². The van der Waals surface area contributed by atoms with E-state index < -0.39 is 10.0 Å². The predicted molar refractivity (Wildman–Crippen MR) is 77.9 cm³/mol. The number of fused-ring (bicyclic) bond motifs is 1. The van der Waals surface area contributed by atoms with E-state index in [0.717, 1.165) is 0 Å². The molecule has 1 saturated heterocycles. The number of ether oxygens (including phenoxy) is 2. The maximum absolute atomic E-state index is 12.9. The maximum Gasteiger partial charge on any atom is 0.243 e. The zero-order valence-corrected chi connectivity index (χ0v) is 13.0. The first-order chi connectivity index (χ1) is 9.89. The Balaban J connectivity index is 1.99. The molecule has 1 aromatic rings. The van der Waals surface area contributed by atoms with Crippen molar-refractivity contribution >= 4 is 10.0 Å². The SMILES string of the molecule is Cc1cc2c(cc1S(=O)(=O)N1CC[C@H](N)C[C@@H]1C)OCO2. The standard InChI is InChI=1S/C14H20N2O4S/c1-9-5-12-13(20-8-19-12)7-14(9)21(17,18)16-4-3-11(15)6-10(16)2/h5,7,10-11H,3-4,6,8,15H2,1-2H3/t10-,11-/m0/s1. The van der Waals surface area contributed by atoms with Crippen LogP contribution in [0, 0.1) is 6.92 Å². The Morgan fingerprint density at radius 2 is 1.95 bits per heavy atom. The molecule has 1 fully saturated rings. The van der Waals surface area contributed by atoms with Crippen LogP contribution in [0.2, 0.25) is 0 Å². The van der Waals surface area contributed by atoms with Gasteiger partial charge in [-0.05, 0) is 38.3 Å². The van der Waals surface area contributed by atoms with Crippen LogP contribution in [0.5, 0.6) is 11.5 Å². The minimum Gasteiger partial charge on any atom is -0.454 e. The van der Waals surface area contributed by atoms with E-state index in [1.165, 1.54) is 0 Å². The summed E-state index contributed by atoms with van der Waals surface area (Å²) in [4.78, 5) is 0.286. The van der Waals surface area contributed by atoms with Crippen LogP contribution in [0.3, 0.4) is 0 Å². The number of nitrogens with zero attached hydrogens (tertiary/aromatic N) is 1. The molecule has 0 bridgehead atoms. The van der Waals surface area contributed by atoms with Gasteiger partial charge < -0.3 is 15.2 Å². The van der Waals surface area contributed by atoms with E-state index in [2.05, 4.69) is 0 Å². The van der Waals surface area contributed by atoms with Crippen molar-refractivity contribution in [1.82, 2.24) is 4.31 Å². The van der Waals surface area contributed by atoms with Crippen molar-refractivity contribution in [3.8, 4) is 11.5 Å². The van der Waals surface area contributed by atoms with E-state index in [1.807, 2.05) is 6.92 Å². The highest BCUT2D eigenvalue weighted by Crippen LogP contribution is 2.37. The molecule has 0 amide bonds. The quantitative estimate of drug-likeness (QED) is 0.888. The lowest BCUT2D eigenvalue weighted by molar-refractivity contribution is 0.174. The highest BCUT2D eigenvalue weighted by Gasteiger charge is 2.35. The topological polar surface area (TPSA) is 81.9 Å². The molecule has 0 aromatic heterocycles. The Labute approximate surface area is 124 Å². The van der Waals surface area contributed by atoms with Gasteiger partial charge in [0.15, 0.2) is 11.5 Å². The molecule has 2 aliphatic heterocycles. The lowest BCUT2D eigenvalue weighted by Gasteiger charge is -2.35. The second-order valence-electron chi connectivity index (χ2n) is 5.72. The van der Waals surface area contributed by atoms with Crippen LogP contribution < -0.4 is 15.2 Å². The van der Waals surface area contributed by atoms with E-state index in [4.69, 9.17) is 15.2 Å². The third-order valence-corrected chi connectivity index (χ3v) is 6.27. The molecule has 116 valence electrons. The average molecular weight is 312 g/mol. The van der Waals surface area contributed by atoms with E-state index in [0.29, 0.717) is 36.4 Å². The molecule has 2 aliphatic rings. The minimum atomic E-state index is -3.54. The Hall–Kier alpha value is -1.31. The highest BCUT2D eigenvalue weighted by molar-refractivity contribution is 7.89. The number of hydrogen-bond donors (Lipinski definition) is 1. The smallest absolute Gasteiger partial charge is 0.243 e. The van der Waals surface area contributed by atoms with Gasteiger partial charge in [0.2, 0.25) is 16.8 Å². The van der Waals surface area contributed by atoms with Gasteiger partial charge in [-0.25, -0.2) is 8.42 Å². The predicted octanol–water partition coefficient (Wildman–Crippen LogP) is 1.22. The summed E-state index contributed by atoms with van der Waals surface area (Å²) in [6.45, 7) is 4.26. The average Bonchev–Trinajstić information content (AvgIpc) is 2.84. The molecule has 0 aliphatic carbocycles. The van der Waals surface area contributed by atoms with Gasteiger partial charge in [-0.3, -0.25) is 0 Å². The molecular weight excluding hydrogens is 292 g/mol. The van der Waals surface area contributed by atoms with Crippen molar-refractivity contribution in [3.05, 3.63) is 17.7 Å². The Morgan fingerprint density at radius 3 is 2.62 bits per heavy atom. The third kappa shape index (κ3) is 2.49. The number of benzene rings is 1. The fraction of sp³-hybridized carbons (Fsp3) is 0.571. The van der Waals surface area contributed by atoms with Crippen LogP contribution in [0.15, 0.2) is 17.0 Å². The summed E-state index contributed by atoms with van der Waals surface area (Å²) < 4.78 is 37.9. The Bertz CT molecular complexity index is 659. The largest absolute Gasteiger partial charge is 0.454 e. The molecule has 1 aromatic carbocycles. The monoisotopic (exact) mass is 312 g/mol. The zero-order chi connectivity index (χ0) is 15.2. The van der Waals surface area contributed by atoms with Gasteiger partial charge in [0.1, 0.15) is 0 Å². The molecule has 0 unspecified atom stereocenters. The lowest BCUT2D eigenvalue weighted by atomic mass is 10.0. The Kier molecular flexibility index (Phi) is 3.59. The van der Waals surface area contributed by atoms with Gasteiger partial charge in [-0.2, -0.15) is 4.31 Å². The molecule has 0 radical (unpaired) electrons. The van der Waals surface area contributed by atoms with Gasteiger partial charge >= 0.3 is 0 Å². The summed E-state index contributed by atoms with van der Waals surface area (Å²) in [6, 6.07) is 3.26. The lowest BCUT2D eigenvalue weighted by Crippen LogP contribution is -2.48. The van der Waals surface area contributed by atoms with Crippen LogP contribution in [0.25, 0.3) is 0 Å². The highest BCUT2D eigenvalue weighted by atomic mass is 32.2. The van der Waals surface area contributed by atoms with Crippen molar-refractivity contribution in [2.45, 2.75) is 43.7 Å². The first-order valence-corrected chi connectivity index (χ1v) is 8.51. The molecule has 21 heavy (non-hydrogen) atoms. The molecule has 7 heteroatoms. The van der Waals surface area contributed by atoms with Crippen LogP contribution in [0.4, 0.5) is 0 Å². The molecule has 0 spiro atoms. The minimum absolute atomic E-state index is 0.0734. The number of nitrogens with two attached hydrogens (primary N) is 1. The van der Waals surface area contributed by atoms with E-state index in [1.54, 1.807) is 23.4 Å². The molecule has 0 saturated carbocycles. The van der Waals surface area contributed by atoms with E-state index >= 15 is 0 Å². The first kappa shape index (κ1) is 14.6. The van der Waals surface area contributed by atoms with Gasteiger partial charge in [0, 0.05) is 24.7 Å². The fourth-order valence-corrected chi connectivity index (χ4v) is 4.85. The van der Waals surface area contributed by atoms with Crippen molar-refractivity contribution in [2.24, 2.45) is 5.73 Å². The molecule has 6 nitrogen and oxygen atoms in total. The summed E-state index contributed by atoms with van der Waals surface area (Å²) in [5.74, 6) is 1.08. The number of piperidine rings is 1. The van der Waals surface area contributed by atoms with Gasteiger partial charge in [-0.1, -0.05) is 0 Å². The summed E-state index contributed by atoms with van der Waals surface area (Å²) >= 11 is 0. The van der Waals surface area contributed by atoms with Crippen LogP contribution in [0.1, 0.15) is 25.3 Å². The normalized spacial score (nSPS) is 26.0. The summed E-state index contributed by atoms with van der Waals surface area (Å²) in [6.07, 6.45) is 1.37. The second-order valence-corrected chi connectivity index (χ2v) is 7.58. The molecule has 2 heterocycles. The number of aryl methyl sites for hydroxylation is 1. The van der Waals surface area contributed by atoms with Gasteiger partial charge in [-0.15, -0.1) is 0 Å². The van der Waals surface area contributed by atoms with E-state index in [9.17, 15) is 8.42 Å². The van der Waals surface area contributed by atoms with Crippen LogP contribution in [-0.4, -0.2) is 38.1 Å². The summed E-state index contributed by atoms with van der Waals surface area (Å²) in [5, 5.41) is 0. The first-order valence-electron chi connectivity index (χ1n) is 7.07. The molecular formula is C14H20N2O4S. The van der Waals surface area contributed by atoms with Gasteiger partial charge in [0.25, 0.3) is 0 Å². The zero-order valence-electron chi connectivity index (χ0n) is 12.2. The van der Waals surface area contributed by atoms with Crippen LogP contribution >= 0.6 is 0 Å². The van der Waals surface area contributed by atoms with Gasteiger partial charge in [0.05, 0.1) is 4.90 Å². The maximum atomic E-state index is 12.9. The molecule has 2 N–H and O–H groups in total. The van der Waals surface area contributed by atoms with Crippen molar-refractivity contribution in [1.29, 1.82) is 0 Å². The molecule has 2 atom stereocenters. The van der Waals surface area contributed by atoms with E-state index in [-0.39, 0.29) is 23.8 Å². The van der Waals surface area contributed by atoms with Crippen molar-refractivity contribution in [3.63, 3.8) is 0 Å². The summed E-state index contributed by atoms with van der Waals surface area (Å²) in [5.41, 5.74) is 6.58. The molecule has 3 rings (SSSR count). The number of hydrogen-bond acceptors (Lipinski definition) is 5. The third-order valence-electron chi connectivity index (χ3n) is 4.11. The number of sulfonamides is 1. The van der Waals surface area contributed by atoms with Crippen molar-refractivity contribution < 1.29 is 17.9 Å². The Morgan fingerprint density at radius 1 is 1.29 bits per heavy atom. The van der Waals surface area contributed by atoms with Crippen molar-refractivity contribution in [2.75, 3.05) is 13.3 Å². The fourth-order valence-electron chi connectivity index (χ4n) is 2.97. The summed E-state index contributed by atoms with van der Waals surface area (Å²) in [7, 11) is -3.54. The second kappa shape index (κ2) is 5.15.